The Labute approximate surface area is 218 Å². The van der Waals surface area contributed by atoms with Crippen molar-refractivity contribution in [3.05, 3.63) is 0 Å². The molecule has 0 spiro atoms. The van der Waals surface area contributed by atoms with Crippen LogP contribution in [0.1, 0.15) is 0 Å². The van der Waals surface area contributed by atoms with Crippen LogP contribution in [0.5, 0.6) is 0 Å². The van der Waals surface area contributed by atoms with Gasteiger partial charge in [-0.15, -0.1) is 0 Å². The van der Waals surface area contributed by atoms with Crippen LogP contribution in [-0.4, -0.2) is 123 Å². The summed E-state index contributed by atoms with van der Waals surface area (Å²) in [6, 6.07) is 0. The summed E-state index contributed by atoms with van der Waals surface area (Å²) in [6.07, 6.45) is 0. The molecule has 0 radical (unpaired) electrons. The van der Waals surface area contributed by atoms with E-state index in [0.717, 1.165) is 0 Å². The fraction of sp³-hybridized carbons (Fsp3) is 1.00. The molecule has 21 heteroatoms. The summed E-state index contributed by atoms with van der Waals surface area (Å²) < 4.78 is 42.9. The van der Waals surface area contributed by atoms with E-state index in [-0.39, 0.29) is 113 Å². The van der Waals surface area contributed by atoms with E-state index in [9.17, 15) is 57.4 Å². The molecule has 0 aliphatic heterocycles. The molecule has 122 valence electrons. The van der Waals surface area contributed by atoms with Gasteiger partial charge >= 0.3 is 113 Å². The molecule has 0 heterocycles. The number of hydrogen-bond donors (Lipinski definition) is 2. The molecule has 0 bridgehead atoms. The number of rotatable bonds is 5. The van der Waals surface area contributed by atoms with Crippen molar-refractivity contribution in [1.82, 2.24) is 0 Å². The van der Waals surface area contributed by atoms with Gasteiger partial charge in [-0.05, 0) is 30.4 Å². The molecule has 14 nitrogen and oxygen atoms in total. The zero-order valence-corrected chi connectivity index (χ0v) is 21.2. The zero-order chi connectivity index (χ0) is 17.0. The van der Waals surface area contributed by atoms with Gasteiger partial charge in [-0.2, -0.15) is 0 Å². The SMILES string of the molecule is NC(C(N)(P(=O)([O-])[O-])P(=O)([O-])[O-])(P(=O)([O-])[O-])P(=O)([O-])[O-].[Ca+2].[Ca+2].[Ca+2]. The summed E-state index contributed by atoms with van der Waals surface area (Å²) in [4.78, 5) is 85.9. The number of nitrogens with two attached hydrogens (primary N) is 2. The molecule has 0 unspecified atom stereocenters. The molecule has 0 amide bonds. The second kappa shape index (κ2) is 10.4. The minimum atomic E-state index is -7.20. The first-order valence-electron chi connectivity index (χ1n) is 3.91. The fourth-order valence-electron chi connectivity index (χ4n) is 1.11. The smallest absolute Gasteiger partial charge is 0.809 e. The van der Waals surface area contributed by atoms with Crippen LogP contribution in [0.4, 0.5) is 0 Å². The van der Waals surface area contributed by atoms with Crippen molar-refractivity contribution in [2.45, 2.75) is 10.0 Å². The van der Waals surface area contributed by atoms with Crippen molar-refractivity contribution in [3.63, 3.8) is 0 Å². The topological polar surface area (TPSA) is 305 Å². The predicted molar refractivity (Wildman–Crippen MR) is 61.5 cm³/mol. The molecule has 0 fully saturated rings. The summed E-state index contributed by atoms with van der Waals surface area (Å²) in [5, 5.41) is -10.8. The largest absolute Gasteiger partial charge is 2.00 e. The Morgan fingerprint density at radius 1 is 0.478 bits per heavy atom. The van der Waals surface area contributed by atoms with Gasteiger partial charge in [0.25, 0.3) is 0 Å². The van der Waals surface area contributed by atoms with Crippen LogP contribution in [0.25, 0.3) is 0 Å². The maximum absolute atomic E-state index is 10.7. The Hall–Kier alpha value is 4.30. The molecule has 0 aromatic rings. The second-order valence-corrected chi connectivity index (χ2v) is 10.9. The Kier molecular flexibility index (Phi) is 15.7. The molecule has 0 aliphatic rings. The third-order valence-corrected chi connectivity index (χ3v) is 10.6. The molecule has 0 rings (SSSR count). The molecule has 0 saturated carbocycles. The number of hydrogen-bond acceptors (Lipinski definition) is 14. The molecule has 23 heavy (non-hydrogen) atoms. The minimum Gasteiger partial charge on any atom is -0.809 e. The van der Waals surface area contributed by atoms with Crippen molar-refractivity contribution in [3.8, 4) is 0 Å². The Balaban J connectivity index is -0.000000602. The quantitative estimate of drug-likeness (QED) is 0.266. The van der Waals surface area contributed by atoms with Gasteiger partial charge in [0, 0.05) is 0 Å². The summed E-state index contributed by atoms with van der Waals surface area (Å²) in [7, 11) is -28.8. The van der Waals surface area contributed by atoms with Gasteiger partial charge in [0.2, 0.25) is 0 Å². The molecule has 0 aliphatic carbocycles. The molecule has 4 N–H and O–H groups in total. The van der Waals surface area contributed by atoms with E-state index >= 15 is 0 Å². The zero-order valence-electron chi connectivity index (χ0n) is 11.0. The van der Waals surface area contributed by atoms with Crippen molar-refractivity contribution in [2.75, 3.05) is 0 Å². The van der Waals surface area contributed by atoms with E-state index in [1.165, 1.54) is 0 Å². The molecule has 0 atom stereocenters. The fourth-order valence-corrected chi connectivity index (χ4v) is 8.06. The average molecular weight is 492 g/mol. The van der Waals surface area contributed by atoms with E-state index in [4.69, 9.17) is 0 Å². The summed E-state index contributed by atoms with van der Waals surface area (Å²) in [6.45, 7) is 0. The monoisotopic (exact) mass is 492 g/mol. The van der Waals surface area contributed by atoms with E-state index < -0.39 is 40.4 Å². The van der Waals surface area contributed by atoms with Crippen LogP contribution >= 0.6 is 30.4 Å². The first kappa shape index (κ1) is 34.8. The van der Waals surface area contributed by atoms with E-state index in [2.05, 4.69) is 11.5 Å². The average Bonchev–Trinajstić information content (AvgIpc) is 2.07. The molecule has 0 aromatic carbocycles. The van der Waals surface area contributed by atoms with E-state index in [0.29, 0.717) is 0 Å². The van der Waals surface area contributed by atoms with Crippen LogP contribution in [0, 0.1) is 0 Å². The van der Waals surface area contributed by atoms with Crippen LogP contribution < -0.4 is 50.6 Å². The normalized spacial score (nSPS) is 14.2. The third kappa shape index (κ3) is 6.39. The van der Waals surface area contributed by atoms with Gasteiger partial charge < -0.3 is 68.9 Å². The van der Waals surface area contributed by atoms with Crippen molar-refractivity contribution in [2.24, 2.45) is 11.5 Å². The van der Waals surface area contributed by atoms with Gasteiger partial charge in [0.1, 0.15) is 0 Å². The predicted octanol–water partition coefficient (Wildman–Crippen LogP) is -9.28. The van der Waals surface area contributed by atoms with Gasteiger partial charge in [0.15, 0.2) is 0 Å². The second-order valence-electron chi connectivity index (χ2n) is 3.44. The van der Waals surface area contributed by atoms with Gasteiger partial charge in [-0.1, -0.05) is 0 Å². The molecule has 0 saturated heterocycles. The van der Waals surface area contributed by atoms with Gasteiger partial charge in [-0.25, -0.2) is 0 Å². The first-order valence-corrected chi connectivity index (χ1v) is 10.1. The summed E-state index contributed by atoms with van der Waals surface area (Å²) >= 11 is 0. The summed E-state index contributed by atoms with van der Waals surface area (Å²) in [5.41, 5.74) is 8.51. The van der Waals surface area contributed by atoms with Crippen molar-refractivity contribution < 1.29 is 57.4 Å². The standard InChI is InChI=1S/C2H12N2O12P4.3Ca/c3-1(17(5,6)7,18(8,9)10)2(4,19(11,12)13)20(14,15)16;;;/h3-4H2,(H2,5,6,7)(H2,8,9,10)(H2,11,12,13)(H2,14,15,16);;;/q;3*+2/p-8. The maximum atomic E-state index is 10.7. The minimum absolute atomic E-state index is 0. The van der Waals surface area contributed by atoms with E-state index in [1.807, 2.05) is 0 Å². The van der Waals surface area contributed by atoms with Crippen LogP contribution in [0.3, 0.4) is 0 Å². The molecular formula is C2H4Ca3N2O12P4-2. The third-order valence-electron chi connectivity index (χ3n) is 2.21. The van der Waals surface area contributed by atoms with E-state index in [1.54, 1.807) is 0 Å². The van der Waals surface area contributed by atoms with Crippen LogP contribution in [-0.2, 0) is 18.3 Å². The first-order chi connectivity index (χ1) is 8.25. The van der Waals surface area contributed by atoms with Crippen molar-refractivity contribution in [1.29, 1.82) is 0 Å². The Morgan fingerprint density at radius 3 is 0.609 bits per heavy atom. The maximum Gasteiger partial charge on any atom is 2.00 e. The van der Waals surface area contributed by atoms with Crippen LogP contribution in [0.2, 0.25) is 0 Å². The van der Waals surface area contributed by atoms with Crippen molar-refractivity contribution >= 4 is 144 Å². The Bertz CT molecular complexity index is 489. The van der Waals surface area contributed by atoms with Crippen LogP contribution in [0.15, 0.2) is 0 Å². The molecule has 0 aromatic heterocycles. The van der Waals surface area contributed by atoms with Gasteiger partial charge in [-0.3, -0.25) is 0 Å². The summed E-state index contributed by atoms with van der Waals surface area (Å²) in [5.74, 6) is 0. The van der Waals surface area contributed by atoms with Gasteiger partial charge in [0.05, 0.1) is 10.0 Å². The molecular weight excluding hydrogens is 488 g/mol. The Morgan fingerprint density at radius 2 is 0.565 bits per heavy atom.